The molecule has 0 saturated carbocycles. The number of nitrogens with two attached hydrogens (primary N) is 1. The Kier molecular flexibility index (Phi) is 3.94. The van der Waals surface area contributed by atoms with E-state index in [1.807, 2.05) is 18.2 Å². The second kappa shape index (κ2) is 5.72. The number of ether oxygens (including phenoxy) is 2. The third-order valence-electron chi connectivity index (χ3n) is 4.73. The SMILES string of the molecule is COc1ccc2c(c1)[C@H](N)CC(C1CC(C)=CC(C)C1)O2. The molecule has 2 aliphatic rings. The largest absolute Gasteiger partial charge is 0.497 e. The maximum atomic E-state index is 6.39. The first-order valence-electron chi connectivity index (χ1n) is 7.84. The van der Waals surface area contributed by atoms with Gasteiger partial charge in [-0.25, -0.2) is 0 Å². The lowest BCUT2D eigenvalue weighted by Crippen LogP contribution is -2.37. The second-order valence-electron chi connectivity index (χ2n) is 6.59. The lowest BCUT2D eigenvalue weighted by molar-refractivity contribution is 0.0856. The lowest BCUT2D eigenvalue weighted by Gasteiger charge is -2.38. The van der Waals surface area contributed by atoms with Crippen LogP contribution in [0.15, 0.2) is 29.8 Å². The van der Waals surface area contributed by atoms with Crippen LogP contribution in [0.3, 0.4) is 0 Å². The minimum absolute atomic E-state index is 0.0374. The summed E-state index contributed by atoms with van der Waals surface area (Å²) >= 11 is 0. The average molecular weight is 287 g/mol. The number of benzene rings is 1. The van der Waals surface area contributed by atoms with E-state index < -0.39 is 0 Å². The smallest absolute Gasteiger partial charge is 0.124 e. The third-order valence-corrected chi connectivity index (χ3v) is 4.73. The second-order valence-corrected chi connectivity index (χ2v) is 6.59. The van der Waals surface area contributed by atoms with Crippen LogP contribution in [-0.4, -0.2) is 13.2 Å². The predicted octanol–water partition coefficient (Wildman–Crippen LogP) is 3.84. The molecule has 3 unspecified atom stereocenters. The van der Waals surface area contributed by atoms with Gasteiger partial charge in [0.1, 0.15) is 17.6 Å². The van der Waals surface area contributed by atoms with Gasteiger partial charge in [-0.2, -0.15) is 0 Å². The highest BCUT2D eigenvalue weighted by Crippen LogP contribution is 2.41. The highest BCUT2D eigenvalue weighted by molar-refractivity contribution is 5.43. The molecule has 21 heavy (non-hydrogen) atoms. The zero-order valence-electron chi connectivity index (χ0n) is 13.1. The first-order valence-corrected chi connectivity index (χ1v) is 7.84. The number of rotatable bonds is 2. The summed E-state index contributed by atoms with van der Waals surface area (Å²) in [6, 6.07) is 5.98. The van der Waals surface area contributed by atoms with Crippen LogP contribution in [0.2, 0.25) is 0 Å². The average Bonchev–Trinajstić information content (AvgIpc) is 2.46. The predicted molar refractivity (Wildman–Crippen MR) is 84.6 cm³/mol. The Balaban J connectivity index is 1.80. The van der Waals surface area contributed by atoms with Gasteiger partial charge in [-0.15, -0.1) is 0 Å². The molecule has 1 aliphatic carbocycles. The van der Waals surface area contributed by atoms with Crippen molar-refractivity contribution in [2.45, 2.75) is 45.3 Å². The number of methoxy groups -OCH3 is 1. The molecule has 0 radical (unpaired) electrons. The lowest BCUT2D eigenvalue weighted by atomic mass is 9.78. The summed E-state index contributed by atoms with van der Waals surface area (Å²) < 4.78 is 11.6. The van der Waals surface area contributed by atoms with Crippen molar-refractivity contribution >= 4 is 0 Å². The zero-order chi connectivity index (χ0) is 15.0. The number of allylic oxidation sites excluding steroid dienone is 2. The minimum Gasteiger partial charge on any atom is -0.497 e. The fraction of sp³-hybridized carbons (Fsp3) is 0.556. The maximum Gasteiger partial charge on any atom is 0.124 e. The van der Waals surface area contributed by atoms with E-state index >= 15 is 0 Å². The first-order chi connectivity index (χ1) is 10.1. The summed E-state index contributed by atoms with van der Waals surface area (Å²) in [5, 5.41) is 0. The van der Waals surface area contributed by atoms with Crippen LogP contribution in [0, 0.1) is 11.8 Å². The van der Waals surface area contributed by atoms with Gasteiger partial charge in [0.2, 0.25) is 0 Å². The molecule has 3 nitrogen and oxygen atoms in total. The van der Waals surface area contributed by atoms with E-state index in [-0.39, 0.29) is 12.1 Å². The minimum atomic E-state index is 0.0374. The normalized spacial score (nSPS) is 31.9. The van der Waals surface area contributed by atoms with Gasteiger partial charge in [-0.05, 0) is 43.9 Å². The van der Waals surface area contributed by atoms with Crippen LogP contribution in [0.25, 0.3) is 0 Å². The quantitative estimate of drug-likeness (QED) is 0.841. The van der Waals surface area contributed by atoms with E-state index in [9.17, 15) is 0 Å². The van der Waals surface area contributed by atoms with Gasteiger partial charge >= 0.3 is 0 Å². The molecule has 3 heteroatoms. The van der Waals surface area contributed by atoms with E-state index in [4.69, 9.17) is 15.2 Å². The Labute approximate surface area is 127 Å². The molecule has 0 amide bonds. The Morgan fingerprint density at radius 1 is 1.29 bits per heavy atom. The van der Waals surface area contributed by atoms with Crippen LogP contribution in [0.1, 0.15) is 44.7 Å². The van der Waals surface area contributed by atoms with Crippen molar-refractivity contribution in [3.63, 3.8) is 0 Å². The molecule has 114 valence electrons. The van der Waals surface area contributed by atoms with E-state index in [1.165, 1.54) is 12.0 Å². The molecule has 1 aromatic rings. The molecule has 0 aromatic heterocycles. The van der Waals surface area contributed by atoms with Crippen molar-refractivity contribution in [1.82, 2.24) is 0 Å². The standard InChI is InChI=1S/C18H25NO2/c1-11-6-12(2)8-13(7-11)18-10-16(19)15-9-14(20-3)4-5-17(15)21-18/h4-6,9,11,13,16,18H,7-8,10,19H2,1-3H3/t11?,13?,16-,18?/m1/s1. The molecule has 1 aromatic carbocycles. The van der Waals surface area contributed by atoms with Crippen molar-refractivity contribution in [2.75, 3.05) is 7.11 Å². The molecule has 0 spiro atoms. The van der Waals surface area contributed by atoms with Gasteiger partial charge in [0.15, 0.2) is 0 Å². The molecular weight excluding hydrogens is 262 g/mol. The molecule has 0 fully saturated rings. The highest BCUT2D eigenvalue weighted by Gasteiger charge is 2.34. The van der Waals surface area contributed by atoms with Gasteiger partial charge in [0.25, 0.3) is 0 Å². The summed E-state index contributed by atoms with van der Waals surface area (Å²) in [5.74, 6) is 2.99. The van der Waals surface area contributed by atoms with E-state index in [1.54, 1.807) is 7.11 Å². The van der Waals surface area contributed by atoms with Gasteiger partial charge < -0.3 is 15.2 Å². The zero-order valence-corrected chi connectivity index (χ0v) is 13.1. The Morgan fingerprint density at radius 2 is 2.10 bits per heavy atom. The van der Waals surface area contributed by atoms with Crippen molar-refractivity contribution in [1.29, 1.82) is 0 Å². The summed E-state index contributed by atoms with van der Waals surface area (Å²) in [7, 11) is 1.68. The monoisotopic (exact) mass is 287 g/mol. The van der Waals surface area contributed by atoms with Crippen molar-refractivity contribution in [3.8, 4) is 11.5 Å². The van der Waals surface area contributed by atoms with Crippen LogP contribution in [-0.2, 0) is 0 Å². The fourth-order valence-electron chi connectivity index (χ4n) is 3.81. The number of hydrogen-bond acceptors (Lipinski definition) is 3. The van der Waals surface area contributed by atoms with Gasteiger partial charge in [-0.3, -0.25) is 0 Å². The summed E-state index contributed by atoms with van der Waals surface area (Å²) in [5.41, 5.74) is 8.94. The van der Waals surface area contributed by atoms with Crippen LogP contribution >= 0.6 is 0 Å². The van der Waals surface area contributed by atoms with Gasteiger partial charge in [0.05, 0.1) is 7.11 Å². The molecular formula is C18H25NO2. The maximum absolute atomic E-state index is 6.39. The Morgan fingerprint density at radius 3 is 2.81 bits per heavy atom. The van der Waals surface area contributed by atoms with E-state index in [0.717, 1.165) is 29.9 Å². The van der Waals surface area contributed by atoms with Gasteiger partial charge in [-0.1, -0.05) is 18.6 Å². The summed E-state index contributed by atoms with van der Waals surface area (Å²) in [6.07, 6.45) is 5.84. The molecule has 1 aliphatic heterocycles. The number of hydrogen-bond donors (Lipinski definition) is 1. The number of fused-ring (bicyclic) bond motifs is 1. The van der Waals surface area contributed by atoms with Crippen molar-refractivity contribution in [3.05, 3.63) is 35.4 Å². The Hall–Kier alpha value is -1.48. The van der Waals surface area contributed by atoms with Crippen LogP contribution in [0.5, 0.6) is 11.5 Å². The third kappa shape index (κ3) is 2.93. The Bertz CT molecular complexity index is 552. The van der Waals surface area contributed by atoms with Gasteiger partial charge in [0, 0.05) is 23.9 Å². The molecule has 1 heterocycles. The molecule has 0 saturated heterocycles. The molecule has 3 rings (SSSR count). The van der Waals surface area contributed by atoms with E-state index in [2.05, 4.69) is 19.9 Å². The van der Waals surface area contributed by atoms with Crippen LogP contribution in [0.4, 0.5) is 0 Å². The molecule has 4 atom stereocenters. The first kappa shape index (κ1) is 14.5. The molecule has 0 bridgehead atoms. The summed E-state index contributed by atoms with van der Waals surface area (Å²) in [4.78, 5) is 0. The van der Waals surface area contributed by atoms with Crippen molar-refractivity contribution < 1.29 is 9.47 Å². The highest BCUT2D eigenvalue weighted by atomic mass is 16.5. The molecule has 2 N–H and O–H groups in total. The fourth-order valence-corrected chi connectivity index (χ4v) is 3.81. The topological polar surface area (TPSA) is 44.5 Å². The van der Waals surface area contributed by atoms with Crippen molar-refractivity contribution in [2.24, 2.45) is 17.6 Å². The summed E-state index contributed by atoms with van der Waals surface area (Å²) in [6.45, 7) is 4.52. The van der Waals surface area contributed by atoms with Crippen LogP contribution < -0.4 is 15.2 Å². The van der Waals surface area contributed by atoms with E-state index in [0.29, 0.717) is 11.8 Å².